The predicted molar refractivity (Wildman–Crippen MR) is 113 cm³/mol. The number of hydrogen-bond acceptors (Lipinski definition) is 7. The monoisotopic (exact) mass is 414 g/mol. The van der Waals surface area contributed by atoms with Crippen LogP contribution in [-0.4, -0.2) is 52.6 Å². The van der Waals surface area contributed by atoms with Crippen molar-refractivity contribution in [3.63, 3.8) is 0 Å². The van der Waals surface area contributed by atoms with E-state index in [4.69, 9.17) is 4.74 Å². The number of ketones is 1. The van der Waals surface area contributed by atoms with Crippen molar-refractivity contribution >= 4 is 34.8 Å². The molecule has 0 atom stereocenters. The minimum Gasteiger partial charge on any atom is -0.378 e. The van der Waals surface area contributed by atoms with Crippen LogP contribution in [-0.2, 0) is 4.74 Å². The molecule has 0 amide bonds. The Labute approximate surface area is 172 Å². The Balaban J connectivity index is 1.61. The van der Waals surface area contributed by atoms with Crippen LogP contribution in [0.5, 0.6) is 0 Å². The average Bonchev–Trinajstić information content (AvgIpc) is 3.34. The number of anilines is 1. The second-order valence-corrected chi connectivity index (χ2v) is 8.91. The summed E-state index contributed by atoms with van der Waals surface area (Å²) in [7, 11) is 0. The van der Waals surface area contributed by atoms with Crippen molar-refractivity contribution in [3.05, 3.63) is 51.7 Å². The maximum atomic E-state index is 12.5. The zero-order chi connectivity index (χ0) is 19.5. The van der Waals surface area contributed by atoms with Crippen LogP contribution in [0.3, 0.4) is 0 Å². The molecule has 0 aliphatic carbocycles. The minimum absolute atomic E-state index is 0.120. The van der Waals surface area contributed by atoms with E-state index in [1.54, 1.807) is 0 Å². The van der Waals surface area contributed by atoms with Gasteiger partial charge in [0.2, 0.25) is 5.95 Å². The molecule has 0 radical (unpaired) electrons. The Morgan fingerprint density at radius 1 is 1.11 bits per heavy atom. The van der Waals surface area contributed by atoms with Gasteiger partial charge >= 0.3 is 0 Å². The van der Waals surface area contributed by atoms with E-state index in [0.717, 1.165) is 39.6 Å². The van der Waals surface area contributed by atoms with Gasteiger partial charge in [0, 0.05) is 18.0 Å². The first kappa shape index (κ1) is 19.2. The first-order valence-corrected chi connectivity index (χ1v) is 11.0. The zero-order valence-electron chi connectivity index (χ0n) is 15.9. The fourth-order valence-corrected chi connectivity index (χ4v) is 4.76. The van der Waals surface area contributed by atoms with Crippen LogP contribution in [0.15, 0.2) is 41.6 Å². The summed E-state index contributed by atoms with van der Waals surface area (Å²) in [5.74, 6) is 1.26. The van der Waals surface area contributed by atoms with Gasteiger partial charge in [-0.15, -0.1) is 21.5 Å². The second-order valence-electron chi connectivity index (χ2n) is 6.68. The molecule has 2 aromatic heterocycles. The van der Waals surface area contributed by atoms with Crippen molar-refractivity contribution in [1.82, 2.24) is 14.8 Å². The first-order chi connectivity index (χ1) is 13.6. The number of benzene rings is 1. The van der Waals surface area contributed by atoms with E-state index in [1.165, 1.54) is 28.7 Å². The van der Waals surface area contributed by atoms with Gasteiger partial charge in [-0.3, -0.25) is 9.36 Å². The fraction of sp³-hybridized carbons (Fsp3) is 0.350. The standard InChI is InChI=1S/C20H22N4O2S2/c1-14-3-6-16(7-4-14)24-19(23-9-11-26-12-10-23)21-22-20(24)27-13-17(25)18-8-5-15(2)28-18/h3-8H,9-13H2,1-2H3. The molecule has 0 N–H and O–H groups in total. The molecule has 6 nitrogen and oxygen atoms in total. The van der Waals surface area contributed by atoms with Crippen LogP contribution in [0.4, 0.5) is 5.95 Å². The molecule has 0 saturated carbocycles. The van der Waals surface area contributed by atoms with E-state index in [2.05, 4.69) is 46.3 Å². The van der Waals surface area contributed by atoms with Gasteiger partial charge in [-0.05, 0) is 38.1 Å². The highest BCUT2D eigenvalue weighted by Gasteiger charge is 2.22. The Bertz CT molecular complexity index is 959. The third-order valence-electron chi connectivity index (χ3n) is 4.55. The number of Topliss-reactive ketones (excluding diaryl/α,β-unsaturated/α-hetero) is 1. The highest BCUT2D eigenvalue weighted by Crippen LogP contribution is 2.28. The fourth-order valence-electron chi connectivity index (χ4n) is 3.03. The quantitative estimate of drug-likeness (QED) is 0.452. The number of morpholine rings is 1. The number of hydrogen-bond donors (Lipinski definition) is 0. The molecule has 4 rings (SSSR count). The molecule has 28 heavy (non-hydrogen) atoms. The van der Waals surface area contributed by atoms with Crippen molar-refractivity contribution in [2.75, 3.05) is 37.0 Å². The lowest BCUT2D eigenvalue weighted by Gasteiger charge is -2.27. The lowest BCUT2D eigenvalue weighted by molar-refractivity contribution is 0.102. The number of aromatic nitrogens is 3. The molecular weight excluding hydrogens is 392 g/mol. The van der Waals surface area contributed by atoms with Gasteiger partial charge in [0.25, 0.3) is 0 Å². The molecule has 8 heteroatoms. The summed E-state index contributed by atoms with van der Waals surface area (Å²) >= 11 is 2.96. The molecule has 146 valence electrons. The van der Waals surface area contributed by atoms with Crippen LogP contribution in [0.2, 0.25) is 0 Å². The molecule has 1 aromatic carbocycles. The van der Waals surface area contributed by atoms with Crippen molar-refractivity contribution in [2.45, 2.75) is 19.0 Å². The molecular formula is C20H22N4O2S2. The maximum Gasteiger partial charge on any atom is 0.232 e. The van der Waals surface area contributed by atoms with Gasteiger partial charge in [0.1, 0.15) is 0 Å². The van der Waals surface area contributed by atoms with Gasteiger partial charge in [-0.1, -0.05) is 29.5 Å². The van der Waals surface area contributed by atoms with E-state index in [-0.39, 0.29) is 5.78 Å². The van der Waals surface area contributed by atoms with Crippen LogP contribution in [0, 0.1) is 13.8 Å². The molecule has 3 heterocycles. The van der Waals surface area contributed by atoms with Gasteiger partial charge in [-0.25, -0.2) is 0 Å². The normalized spacial score (nSPS) is 14.4. The molecule has 0 unspecified atom stereocenters. The number of thioether (sulfide) groups is 1. The summed E-state index contributed by atoms with van der Waals surface area (Å²) in [5.41, 5.74) is 2.20. The number of carbonyl (C=O) groups excluding carboxylic acids is 1. The van der Waals surface area contributed by atoms with Crippen LogP contribution in [0.1, 0.15) is 20.1 Å². The Kier molecular flexibility index (Phi) is 5.79. The van der Waals surface area contributed by atoms with Gasteiger partial charge in [0.15, 0.2) is 10.9 Å². The van der Waals surface area contributed by atoms with Crippen LogP contribution in [0.25, 0.3) is 5.69 Å². The number of rotatable bonds is 6. The summed E-state index contributed by atoms with van der Waals surface area (Å²) in [4.78, 5) is 16.7. The molecule has 0 bridgehead atoms. The second kappa shape index (κ2) is 8.46. The molecule has 1 saturated heterocycles. The summed E-state index contributed by atoms with van der Waals surface area (Å²) in [6.07, 6.45) is 0. The largest absolute Gasteiger partial charge is 0.378 e. The highest BCUT2D eigenvalue weighted by atomic mass is 32.2. The topological polar surface area (TPSA) is 60.2 Å². The molecule has 0 spiro atoms. The number of thiophene rings is 1. The van der Waals surface area contributed by atoms with Crippen LogP contribution >= 0.6 is 23.1 Å². The SMILES string of the molecule is Cc1ccc(-n2c(SCC(=O)c3ccc(C)s3)nnc2N2CCOCC2)cc1. The van der Waals surface area contributed by atoms with Gasteiger partial charge in [0.05, 0.1) is 29.5 Å². The molecule has 1 fully saturated rings. The third-order valence-corrected chi connectivity index (χ3v) is 6.52. The van der Waals surface area contributed by atoms with Gasteiger partial charge in [-0.2, -0.15) is 0 Å². The highest BCUT2D eigenvalue weighted by molar-refractivity contribution is 7.99. The predicted octanol–water partition coefficient (Wildman–Crippen LogP) is 3.76. The number of carbonyl (C=O) groups is 1. The summed E-state index contributed by atoms with van der Waals surface area (Å²) < 4.78 is 7.52. The molecule has 3 aromatic rings. The van der Waals surface area contributed by atoms with Crippen molar-refractivity contribution in [1.29, 1.82) is 0 Å². The van der Waals surface area contributed by atoms with Crippen molar-refractivity contribution < 1.29 is 9.53 Å². The maximum absolute atomic E-state index is 12.5. The van der Waals surface area contributed by atoms with E-state index in [0.29, 0.717) is 19.0 Å². The molecule has 1 aliphatic rings. The summed E-state index contributed by atoms with van der Waals surface area (Å²) in [6.45, 7) is 7.00. The summed E-state index contributed by atoms with van der Waals surface area (Å²) in [5, 5.41) is 9.58. The zero-order valence-corrected chi connectivity index (χ0v) is 17.6. The summed E-state index contributed by atoms with van der Waals surface area (Å²) in [6, 6.07) is 12.2. The van der Waals surface area contributed by atoms with E-state index in [9.17, 15) is 4.79 Å². The third kappa shape index (κ3) is 4.14. The number of ether oxygens (including phenoxy) is 1. The number of aryl methyl sites for hydroxylation is 2. The smallest absolute Gasteiger partial charge is 0.232 e. The van der Waals surface area contributed by atoms with Gasteiger partial charge < -0.3 is 9.64 Å². The molecule has 1 aliphatic heterocycles. The number of nitrogens with zero attached hydrogens (tertiary/aromatic N) is 4. The average molecular weight is 415 g/mol. The van der Waals surface area contributed by atoms with Crippen LogP contribution < -0.4 is 4.90 Å². The van der Waals surface area contributed by atoms with Crippen molar-refractivity contribution in [2.24, 2.45) is 0 Å². The Morgan fingerprint density at radius 3 is 2.54 bits per heavy atom. The first-order valence-electron chi connectivity index (χ1n) is 9.19. The van der Waals surface area contributed by atoms with Crippen molar-refractivity contribution in [3.8, 4) is 5.69 Å². The Morgan fingerprint density at radius 2 is 1.86 bits per heavy atom. The van der Waals surface area contributed by atoms with E-state index >= 15 is 0 Å². The lowest BCUT2D eigenvalue weighted by Crippen LogP contribution is -2.37. The van der Waals surface area contributed by atoms with E-state index in [1.807, 2.05) is 23.6 Å². The minimum atomic E-state index is 0.120. The Hall–Kier alpha value is -2.16. The van der Waals surface area contributed by atoms with E-state index < -0.39 is 0 Å². The lowest BCUT2D eigenvalue weighted by atomic mass is 10.2.